The van der Waals surface area contributed by atoms with Crippen LogP contribution in [-0.2, 0) is 4.79 Å². The van der Waals surface area contributed by atoms with E-state index in [1.54, 1.807) is 6.92 Å². The smallest absolute Gasteiger partial charge is 0.323 e. The molecule has 1 fully saturated rings. The maximum atomic E-state index is 12.7. The third-order valence-corrected chi connectivity index (χ3v) is 4.76. The third-order valence-electron chi connectivity index (χ3n) is 3.57. The van der Waals surface area contributed by atoms with Gasteiger partial charge in [0.25, 0.3) is 5.91 Å². The van der Waals surface area contributed by atoms with Gasteiger partial charge >= 0.3 is 5.97 Å². The lowest BCUT2D eigenvalue weighted by molar-refractivity contribution is -0.137. The van der Waals surface area contributed by atoms with Gasteiger partial charge < -0.3 is 10.0 Å². The molecular formula is C16H16N2O3S. The first-order valence-corrected chi connectivity index (χ1v) is 7.93. The minimum Gasteiger partial charge on any atom is -0.480 e. The number of aryl methyl sites for hydroxylation is 1. The van der Waals surface area contributed by atoms with Crippen LogP contribution in [0.2, 0.25) is 0 Å². The number of carbonyl (C=O) groups is 2. The van der Waals surface area contributed by atoms with Crippen LogP contribution >= 0.6 is 11.3 Å². The first-order valence-electron chi connectivity index (χ1n) is 7.12. The summed E-state index contributed by atoms with van der Waals surface area (Å²) in [6, 6.07) is 9.73. The molecule has 1 aromatic carbocycles. The molecule has 1 amide bonds. The second-order valence-corrected chi connectivity index (χ2v) is 6.36. The van der Waals surface area contributed by atoms with E-state index in [0.717, 1.165) is 23.4 Å². The van der Waals surface area contributed by atoms with Crippen molar-refractivity contribution in [3.05, 3.63) is 40.9 Å². The van der Waals surface area contributed by atoms with Crippen molar-refractivity contribution in [2.24, 2.45) is 0 Å². The lowest BCUT2D eigenvalue weighted by atomic mass is 10.2. The van der Waals surface area contributed by atoms with E-state index in [0.29, 0.717) is 10.6 Å². The van der Waals surface area contributed by atoms with Gasteiger partial charge in [0, 0.05) is 11.6 Å². The molecule has 2 aromatic rings. The van der Waals surface area contributed by atoms with Crippen molar-refractivity contribution in [3.63, 3.8) is 0 Å². The van der Waals surface area contributed by atoms with Gasteiger partial charge in [0.1, 0.15) is 16.4 Å². The Hall–Kier alpha value is -2.21. The fraction of sp³-hybridized carbons (Fsp3) is 0.312. The van der Waals surface area contributed by atoms with Crippen LogP contribution in [0.25, 0.3) is 10.6 Å². The molecule has 0 unspecified atom stereocenters. The molecule has 0 bridgehead atoms. The van der Waals surface area contributed by atoms with Gasteiger partial charge in [0.15, 0.2) is 0 Å². The van der Waals surface area contributed by atoms with Gasteiger partial charge in [0.2, 0.25) is 0 Å². The van der Waals surface area contributed by atoms with Gasteiger partial charge in [0.05, 0.1) is 5.69 Å². The number of hydrogen-bond donors (Lipinski definition) is 1. The number of carboxylic acids is 1. The van der Waals surface area contributed by atoms with Gasteiger partial charge in [-0.1, -0.05) is 30.3 Å². The number of rotatable bonds is 5. The summed E-state index contributed by atoms with van der Waals surface area (Å²) in [5, 5.41) is 9.79. The van der Waals surface area contributed by atoms with Gasteiger partial charge in [-0.05, 0) is 19.8 Å². The monoisotopic (exact) mass is 316 g/mol. The van der Waals surface area contributed by atoms with Crippen molar-refractivity contribution >= 4 is 23.2 Å². The van der Waals surface area contributed by atoms with Gasteiger partial charge in [-0.25, -0.2) is 4.98 Å². The molecule has 1 N–H and O–H groups in total. The summed E-state index contributed by atoms with van der Waals surface area (Å²) >= 11 is 1.33. The Morgan fingerprint density at radius 2 is 2.00 bits per heavy atom. The first kappa shape index (κ1) is 14.7. The predicted molar refractivity (Wildman–Crippen MR) is 84.0 cm³/mol. The number of aromatic nitrogens is 1. The number of carboxylic acid groups (broad SMARTS) is 1. The van der Waals surface area contributed by atoms with E-state index >= 15 is 0 Å². The molecule has 0 aliphatic heterocycles. The molecule has 3 rings (SSSR count). The number of carbonyl (C=O) groups excluding carboxylic acids is 1. The van der Waals surface area contributed by atoms with Crippen molar-refractivity contribution in [1.82, 2.24) is 9.88 Å². The molecule has 0 spiro atoms. The molecule has 6 heteroatoms. The van der Waals surface area contributed by atoms with Crippen LogP contribution in [0, 0.1) is 6.92 Å². The fourth-order valence-electron chi connectivity index (χ4n) is 2.33. The maximum Gasteiger partial charge on any atom is 0.323 e. The summed E-state index contributed by atoms with van der Waals surface area (Å²) < 4.78 is 0. The summed E-state index contributed by atoms with van der Waals surface area (Å²) in [5.74, 6) is -1.20. The largest absolute Gasteiger partial charge is 0.480 e. The van der Waals surface area contributed by atoms with E-state index in [9.17, 15) is 9.59 Å². The SMILES string of the molecule is Cc1nc(-c2ccccc2)sc1C(=O)N(CC(=O)O)C1CC1. The Morgan fingerprint density at radius 1 is 1.32 bits per heavy atom. The molecule has 1 aromatic heterocycles. The molecule has 5 nitrogen and oxygen atoms in total. The molecule has 1 aliphatic rings. The van der Waals surface area contributed by atoms with Crippen molar-refractivity contribution in [2.75, 3.05) is 6.54 Å². The number of amides is 1. The van der Waals surface area contributed by atoms with Gasteiger partial charge in [-0.15, -0.1) is 11.3 Å². The topological polar surface area (TPSA) is 70.5 Å². The Balaban J connectivity index is 1.89. The lowest BCUT2D eigenvalue weighted by Gasteiger charge is -2.19. The Morgan fingerprint density at radius 3 is 2.59 bits per heavy atom. The zero-order valence-electron chi connectivity index (χ0n) is 12.2. The first-order chi connectivity index (χ1) is 10.6. The standard InChI is InChI=1S/C16H16N2O3S/c1-10-14(16(21)18(9-13(19)20)12-7-8-12)22-15(17-10)11-5-3-2-4-6-11/h2-6,12H,7-9H2,1H3,(H,19,20). The van der Waals surface area contributed by atoms with Crippen LogP contribution in [-0.4, -0.2) is 39.5 Å². The second kappa shape index (κ2) is 5.88. The molecule has 1 saturated carbocycles. The highest BCUT2D eigenvalue weighted by Gasteiger charge is 2.35. The van der Waals surface area contributed by atoms with Crippen molar-refractivity contribution < 1.29 is 14.7 Å². The molecule has 0 atom stereocenters. The van der Waals surface area contributed by atoms with E-state index in [-0.39, 0.29) is 18.5 Å². The molecule has 22 heavy (non-hydrogen) atoms. The summed E-state index contributed by atoms with van der Waals surface area (Å²) in [7, 11) is 0. The molecular weight excluding hydrogens is 300 g/mol. The highest BCUT2D eigenvalue weighted by atomic mass is 32.1. The van der Waals surface area contributed by atoms with E-state index in [2.05, 4.69) is 4.98 Å². The van der Waals surface area contributed by atoms with Crippen LogP contribution in [0.5, 0.6) is 0 Å². The highest BCUT2D eigenvalue weighted by Crippen LogP contribution is 2.32. The van der Waals surface area contributed by atoms with Gasteiger partial charge in [-0.3, -0.25) is 9.59 Å². The average molecular weight is 316 g/mol. The van der Waals surface area contributed by atoms with Crippen molar-refractivity contribution in [2.45, 2.75) is 25.8 Å². The molecule has 1 heterocycles. The normalized spacial score (nSPS) is 13.9. The summed E-state index contributed by atoms with van der Waals surface area (Å²) in [6.45, 7) is 1.55. The number of benzene rings is 1. The summed E-state index contributed by atoms with van der Waals surface area (Å²) in [5.41, 5.74) is 1.62. The van der Waals surface area contributed by atoms with Gasteiger partial charge in [-0.2, -0.15) is 0 Å². The Bertz CT molecular complexity index is 707. The Kier molecular flexibility index (Phi) is 3.94. The number of hydrogen-bond acceptors (Lipinski definition) is 4. The minimum absolute atomic E-state index is 0.0604. The zero-order chi connectivity index (χ0) is 15.7. The summed E-state index contributed by atoms with van der Waals surface area (Å²) in [4.78, 5) is 30.1. The lowest BCUT2D eigenvalue weighted by Crippen LogP contribution is -2.37. The molecule has 0 saturated heterocycles. The Labute approximate surface area is 132 Å². The number of aliphatic carboxylic acids is 1. The highest BCUT2D eigenvalue weighted by molar-refractivity contribution is 7.17. The number of nitrogens with zero attached hydrogens (tertiary/aromatic N) is 2. The maximum absolute atomic E-state index is 12.7. The fourth-order valence-corrected chi connectivity index (χ4v) is 3.36. The number of thiazole rings is 1. The average Bonchev–Trinajstić information content (AvgIpc) is 3.27. The van der Waals surface area contributed by atoms with Crippen LogP contribution in [0.1, 0.15) is 28.2 Å². The van der Waals surface area contributed by atoms with E-state index < -0.39 is 5.97 Å². The van der Waals surface area contributed by atoms with Crippen LogP contribution in [0.3, 0.4) is 0 Å². The van der Waals surface area contributed by atoms with E-state index in [4.69, 9.17) is 5.11 Å². The quantitative estimate of drug-likeness (QED) is 0.921. The third kappa shape index (κ3) is 3.01. The predicted octanol–water partition coefficient (Wildman–Crippen LogP) is 2.81. The molecule has 0 radical (unpaired) electrons. The van der Waals surface area contributed by atoms with Crippen molar-refractivity contribution in [1.29, 1.82) is 0 Å². The minimum atomic E-state index is -0.981. The van der Waals surface area contributed by atoms with Crippen LogP contribution < -0.4 is 0 Å². The summed E-state index contributed by atoms with van der Waals surface area (Å²) in [6.07, 6.45) is 1.75. The van der Waals surface area contributed by atoms with E-state index in [1.807, 2.05) is 30.3 Å². The van der Waals surface area contributed by atoms with Crippen LogP contribution in [0.15, 0.2) is 30.3 Å². The zero-order valence-corrected chi connectivity index (χ0v) is 13.0. The second-order valence-electron chi connectivity index (χ2n) is 5.36. The molecule has 114 valence electrons. The van der Waals surface area contributed by atoms with Crippen LogP contribution in [0.4, 0.5) is 0 Å². The van der Waals surface area contributed by atoms with E-state index in [1.165, 1.54) is 16.2 Å². The van der Waals surface area contributed by atoms with Crippen molar-refractivity contribution in [3.8, 4) is 10.6 Å². The molecule has 1 aliphatic carbocycles.